The van der Waals surface area contributed by atoms with E-state index in [1.807, 2.05) is 31.9 Å². The fourth-order valence-electron chi connectivity index (χ4n) is 1.27. The zero-order valence-electron chi connectivity index (χ0n) is 7.66. The number of nitrogens with zero attached hydrogens (tertiary/aromatic N) is 1. The summed E-state index contributed by atoms with van der Waals surface area (Å²) in [6, 6.07) is 5.65. The molecule has 1 aromatic carbocycles. The largest absolute Gasteiger partial charge is 0.297 e. The summed E-state index contributed by atoms with van der Waals surface area (Å²) in [6.07, 6.45) is 0.595. The number of aldehydes is 1. The highest BCUT2D eigenvalue weighted by atomic mass is 16.1. The van der Waals surface area contributed by atoms with Gasteiger partial charge in [-0.2, -0.15) is 0 Å². The topological polar surface area (TPSA) is 39.4 Å². The van der Waals surface area contributed by atoms with E-state index >= 15 is 0 Å². The molecule has 0 amide bonds. The lowest BCUT2D eigenvalue weighted by Crippen LogP contribution is -1.91. The molecule has 2 nitrogen and oxygen atoms in total. The number of carbonyl (C=O) groups is 1. The van der Waals surface area contributed by atoms with Crippen LogP contribution in [0.25, 0.3) is 5.57 Å². The summed E-state index contributed by atoms with van der Waals surface area (Å²) < 4.78 is 0. The van der Waals surface area contributed by atoms with Gasteiger partial charge in [-0.1, -0.05) is 29.2 Å². The van der Waals surface area contributed by atoms with Gasteiger partial charge in [-0.25, -0.2) is 0 Å². The van der Waals surface area contributed by atoms with Gasteiger partial charge in [-0.05, 0) is 25.0 Å². The summed E-state index contributed by atoms with van der Waals surface area (Å²) in [6.45, 7) is 3.87. The smallest absolute Gasteiger partial charge is 0.160 e. The molecular weight excluding hydrogens is 162 g/mol. The maximum absolute atomic E-state index is 10.5. The second kappa shape index (κ2) is 3.83. The molecule has 13 heavy (non-hydrogen) atoms. The van der Waals surface area contributed by atoms with Crippen LogP contribution in [0, 0.1) is 13.8 Å². The van der Waals surface area contributed by atoms with Crippen molar-refractivity contribution in [3.8, 4) is 0 Å². The minimum absolute atomic E-state index is 0.192. The quantitative estimate of drug-likeness (QED) is 0.377. The van der Waals surface area contributed by atoms with Crippen molar-refractivity contribution >= 4 is 17.7 Å². The molecule has 0 aliphatic rings. The third-order valence-corrected chi connectivity index (χ3v) is 1.91. The van der Waals surface area contributed by atoms with E-state index in [4.69, 9.17) is 5.41 Å². The molecule has 1 aromatic rings. The maximum atomic E-state index is 10.5. The Morgan fingerprint density at radius 2 is 2.15 bits per heavy atom. The Hall–Kier alpha value is -1.66. The Bertz CT molecular complexity index is 387. The summed E-state index contributed by atoms with van der Waals surface area (Å²) in [5.41, 5.74) is 3.01. The Morgan fingerprint density at radius 3 is 2.62 bits per heavy atom. The first kappa shape index (κ1) is 9.43. The van der Waals surface area contributed by atoms with Gasteiger partial charge >= 0.3 is 0 Å². The molecule has 0 unspecified atom stereocenters. The third-order valence-electron chi connectivity index (χ3n) is 1.91. The zero-order valence-corrected chi connectivity index (χ0v) is 7.66. The number of carbonyl (C=O) groups excluding carboxylic acids is 1. The van der Waals surface area contributed by atoms with Gasteiger partial charge in [0, 0.05) is 5.87 Å². The van der Waals surface area contributed by atoms with Crippen molar-refractivity contribution in [1.29, 1.82) is 0 Å². The summed E-state index contributed by atoms with van der Waals surface area (Å²) in [5, 5.41) is 8.65. The molecule has 0 atom stereocenters. The molecular formula is C11H10NO. The lowest BCUT2D eigenvalue weighted by Gasteiger charge is -2.03. The van der Waals surface area contributed by atoms with E-state index in [2.05, 4.69) is 0 Å². The van der Waals surface area contributed by atoms with Crippen LogP contribution in [0.4, 0.5) is 0 Å². The van der Waals surface area contributed by atoms with Gasteiger partial charge in [0.1, 0.15) is 0 Å². The van der Waals surface area contributed by atoms with Crippen LogP contribution in [-0.2, 0) is 4.79 Å². The van der Waals surface area contributed by atoms with Crippen molar-refractivity contribution in [3.05, 3.63) is 34.9 Å². The van der Waals surface area contributed by atoms with Gasteiger partial charge < -0.3 is 0 Å². The highest BCUT2D eigenvalue weighted by Gasteiger charge is 2.03. The predicted octanol–water partition coefficient (Wildman–Crippen LogP) is 1.36. The van der Waals surface area contributed by atoms with E-state index in [1.165, 1.54) is 0 Å². The van der Waals surface area contributed by atoms with Crippen molar-refractivity contribution in [2.75, 3.05) is 0 Å². The molecule has 0 saturated carbocycles. The van der Waals surface area contributed by atoms with E-state index in [0.717, 1.165) is 16.7 Å². The molecule has 0 bridgehead atoms. The lowest BCUT2D eigenvalue weighted by atomic mass is 10.0. The van der Waals surface area contributed by atoms with Crippen LogP contribution in [0.5, 0.6) is 0 Å². The molecule has 0 spiro atoms. The summed E-state index contributed by atoms with van der Waals surface area (Å²) >= 11 is 0. The molecule has 0 aromatic heterocycles. The van der Waals surface area contributed by atoms with Crippen molar-refractivity contribution in [3.63, 3.8) is 0 Å². The monoisotopic (exact) mass is 172 g/mol. The molecule has 0 saturated heterocycles. The fraction of sp³-hybridized carbons (Fsp3) is 0.182. The van der Waals surface area contributed by atoms with Crippen LogP contribution in [0.15, 0.2) is 18.2 Å². The number of allylic oxidation sites excluding steroid dienone is 1. The van der Waals surface area contributed by atoms with E-state index in [1.54, 1.807) is 6.07 Å². The minimum Gasteiger partial charge on any atom is -0.297 e. The van der Waals surface area contributed by atoms with Gasteiger partial charge in [0.15, 0.2) is 6.29 Å². The van der Waals surface area contributed by atoms with Crippen LogP contribution in [0.1, 0.15) is 16.7 Å². The summed E-state index contributed by atoms with van der Waals surface area (Å²) in [7, 11) is 0. The summed E-state index contributed by atoms with van der Waals surface area (Å²) in [4.78, 5) is 10.5. The van der Waals surface area contributed by atoms with Gasteiger partial charge in [0.25, 0.3) is 0 Å². The zero-order chi connectivity index (χ0) is 9.84. The number of aryl methyl sites for hydroxylation is 2. The molecule has 0 N–H and O–H groups in total. The molecule has 65 valence electrons. The normalized spacial score (nSPS) is 9.08. The number of rotatable bonds is 2. The van der Waals surface area contributed by atoms with Gasteiger partial charge in [-0.15, -0.1) is 0 Å². The van der Waals surface area contributed by atoms with Crippen LogP contribution in [0.2, 0.25) is 0 Å². The Balaban J connectivity index is 3.31. The van der Waals surface area contributed by atoms with Crippen molar-refractivity contribution in [2.24, 2.45) is 0 Å². The Labute approximate surface area is 77.4 Å². The highest BCUT2D eigenvalue weighted by Crippen LogP contribution is 2.16. The number of hydrogen-bond acceptors (Lipinski definition) is 1. The van der Waals surface area contributed by atoms with Gasteiger partial charge in [0.05, 0.1) is 5.57 Å². The Morgan fingerprint density at radius 1 is 1.46 bits per heavy atom. The van der Waals surface area contributed by atoms with Crippen LogP contribution >= 0.6 is 0 Å². The Kier molecular flexibility index (Phi) is 2.78. The molecule has 1 rings (SSSR count). The van der Waals surface area contributed by atoms with Crippen molar-refractivity contribution in [1.82, 2.24) is 5.41 Å². The van der Waals surface area contributed by atoms with E-state index in [9.17, 15) is 4.79 Å². The second-order valence-corrected chi connectivity index (χ2v) is 2.96. The van der Waals surface area contributed by atoms with Crippen LogP contribution in [0.3, 0.4) is 0 Å². The summed E-state index contributed by atoms with van der Waals surface area (Å²) in [5.74, 6) is 1.88. The molecule has 1 radical (unpaired) electrons. The standard InChI is InChI=1S/C11H10NO/c1-8-3-4-11(9(2)5-8)10(6-12)7-13/h3-5,7H,1-2H3. The molecule has 0 heterocycles. The number of hydrogen-bond donors (Lipinski definition) is 0. The average molecular weight is 172 g/mol. The lowest BCUT2D eigenvalue weighted by molar-refractivity contribution is -0.103. The molecule has 0 fully saturated rings. The van der Waals surface area contributed by atoms with E-state index in [0.29, 0.717) is 6.29 Å². The van der Waals surface area contributed by atoms with E-state index < -0.39 is 0 Å². The first-order valence-electron chi connectivity index (χ1n) is 3.99. The SMILES string of the molecule is Cc1ccc(C(=C=[N])C=O)c(C)c1. The van der Waals surface area contributed by atoms with Gasteiger partial charge in [-0.3, -0.25) is 4.79 Å². The predicted molar refractivity (Wildman–Crippen MR) is 52.5 cm³/mol. The molecule has 0 aliphatic carbocycles. The van der Waals surface area contributed by atoms with Crippen molar-refractivity contribution < 1.29 is 4.79 Å². The first-order chi connectivity index (χ1) is 6.19. The third kappa shape index (κ3) is 1.92. The van der Waals surface area contributed by atoms with Crippen LogP contribution < -0.4 is 5.41 Å². The first-order valence-corrected chi connectivity index (χ1v) is 3.99. The van der Waals surface area contributed by atoms with Gasteiger partial charge in [0.2, 0.25) is 0 Å². The van der Waals surface area contributed by atoms with Crippen LogP contribution in [-0.4, -0.2) is 12.2 Å². The van der Waals surface area contributed by atoms with Crippen molar-refractivity contribution in [2.45, 2.75) is 13.8 Å². The highest BCUT2D eigenvalue weighted by molar-refractivity contribution is 6.18. The number of benzene rings is 1. The second-order valence-electron chi connectivity index (χ2n) is 2.96. The average Bonchev–Trinajstić information content (AvgIpc) is 2.10. The fourth-order valence-corrected chi connectivity index (χ4v) is 1.27. The minimum atomic E-state index is 0.192. The maximum Gasteiger partial charge on any atom is 0.160 e. The molecule has 0 aliphatic heterocycles. The molecule has 2 heteroatoms. The van der Waals surface area contributed by atoms with E-state index in [-0.39, 0.29) is 5.57 Å².